The number of nitrogens with zero attached hydrogens (tertiary/aromatic N) is 3. The lowest BCUT2D eigenvalue weighted by atomic mass is 10.1. The molecule has 168 valence electrons. The van der Waals surface area contributed by atoms with E-state index in [1.165, 1.54) is 4.68 Å². The maximum atomic E-state index is 13.5. The van der Waals surface area contributed by atoms with Crippen molar-refractivity contribution in [1.29, 1.82) is 0 Å². The number of hydrogen-bond donors (Lipinski definition) is 1. The number of carbonyl (C=O) groups excluding carboxylic acids is 1. The van der Waals surface area contributed by atoms with Gasteiger partial charge in [-0.05, 0) is 43.4 Å². The second-order valence-corrected chi connectivity index (χ2v) is 8.13. The van der Waals surface area contributed by atoms with E-state index in [1.54, 1.807) is 6.07 Å². The molecule has 1 saturated heterocycles. The molecule has 1 N–H and O–H groups in total. The number of fused-ring (bicyclic) bond motifs is 1. The zero-order chi connectivity index (χ0) is 21.8. The van der Waals surface area contributed by atoms with Crippen LogP contribution in [0, 0.1) is 0 Å². The molecule has 1 aliphatic carbocycles. The summed E-state index contributed by atoms with van der Waals surface area (Å²) in [5.41, 5.74) is 1.65. The Morgan fingerprint density at radius 1 is 1.13 bits per heavy atom. The molecule has 0 bridgehead atoms. The molecule has 1 aliphatic heterocycles. The second-order valence-electron chi connectivity index (χ2n) is 8.13. The molecule has 0 unspecified atom stereocenters. The first-order chi connectivity index (χ1) is 14.9. The van der Waals surface area contributed by atoms with Gasteiger partial charge in [0.05, 0.1) is 13.2 Å². The summed E-state index contributed by atoms with van der Waals surface area (Å²) in [5, 5.41) is 6.61. The van der Waals surface area contributed by atoms with Crippen LogP contribution in [0.25, 0.3) is 0 Å². The van der Waals surface area contributed by atoms with Crippen molar-refractivity contribution < 1.29 is 22.7 Å². The van der Waals surface area contributed by atoms with Crippen molar-refractivity contribution in [1.82, 2.24) is 14.7 Å². The van der Waals surface area contributed by atoms with Crippen LogP contribution in [0.3, 0.4) is 0 Å². The lowest BCUT2D eigenvalue weighted by molar-refractivity contribution is -0.142. The van der Waals surface area contributed by atoms with E-state index < -0.39 is 11.9 Å². The number of anilines is 1. The molecule has 4 rings (SSSR count). The zero-order valence-electron chi connectivity index (χ0n) is 17.4. The summed E-state index contributed by atoms with van der Waals surface area (Å²) < 4.78 is 47.0. The monoisotopic (exact) mass is 436 g/mol. The smallest absolute Gasteiger partial charge is 0.379 e. The molecule has 9 heteroatoms. The van der Waals surface area contributed by atoms with Gasteiger partial charge < -0.3 is 10.1 Å². The standard InChI is InChI=1S/C22H27F3N4O2/c23-22(24,25)21-18-7-2-1-3-8-19(18)29(27-21)15-20(30)26-17-6-4-5-16(13-17)14-28-9-11-31-12-10-28/h4-6,13H,1-3,7-12,14-15H2,(H,26,30). The third-order valence-corrected chi connectivity index (χ3v) is 5.79. The van der Waals surface area contributed by atoms with E-state index in [1.807, 2.05) is 18.2 Å². The van der Waals surface area contributed by atoms with Crippen molar-refractivity contribution in [2.24, 2.45) is 0 Å². The highest BCUT2D eigenvalue weighted by Crippen LogP contribution is 2.35. The lowest BCUT2D eigenvalue weighted by Crippen LogP contribution is -2.35. The van der Waals surface area contributed by atoms with E-state index in [-0.39, 0.29) is 18.0 Å². The van der Waals surface area contributed by atoms with Crippen molar-refractivity contribution in [2.45, 2.75) is 51.4 Å². The fourth-order valence-corrected chi connectivity index (χ4v) is 4.31. The van der Waals surface area contributed by atoms with Crippen molar-refractivity contribution in [3.63, 3.8) is 0 Å². The number of halogens is 3. The minimum Gasteiger partial charge on any atom is -0.379 e. The summed E-state index contributed by atoms with van der Waals surface area (Å²) in [5.74, 6) is -0.383. The number of morpholine rings is 1. The molecular weight excluding hydrogens is 409 g/mol. The molecule has 2 aliphatic rings. The summed E-state index contributed by atoms with van der Waals surface area (Å²) >= 11 is 0. The van der Waals surface area contributed by atoms with Gasteiger partial charge in [0.2, 0.25) is 5.91 Å². The van der Waals surface area contributed by atoms with Gasteiger partial charge in [0.1, 0.15) is 6.54 Å². The minimum absolute atomic E-state index is 0.230. The number of amides is 1. The van der Waals surface area contributed by atoms with Crippen LogP contribution in [0.15, 0.2) is 24.3 Å². The number of rotatable bonds is 5. The third kappa shape index (κ3) is 5.46. The predicted molar refractivity (Wildman–Crippen MR) is 110 cm³/mol. The van der Waals surface area contributed by atoms with Crippen LogP contribution in [0.4, 0.5) is 18.9 Å². The zero-order valence-corrected chi connectivity index (χ0v) is 17.4. The van der Waals surface area contributed by atoms with E-state index in [0.717, 1.165) is 38.0 Å². The van der Waals surface area contributed by atoms with Crippen molar-refractivity contribution >= 4 is 11.6 Å². The average molecular weight is 436 g/mol. The summed E-state index contributed by atoms with van der Waals surface area (Å²) in [4.78, 5) is 14.9. The predicted octanol–water partition coefficient (Wildman–Crippen LogP) is 3.64. The van der Waals surface area contributed by atoms with Crippen LogP contribution in [0.5, 0.6) is 0 Å². The average Bonchev–Trinajstić information content (AvgIpc) is 2.90. The van der Waals surface area contributed by atoms with Gasteiger partial charge in [-0.15, -0.1) is 0 Å². The number of nitrogens with one attached hydrogen (secondary N) is 1. The van der Waals surface area contributed by atoms with Gasteiger partial charge in [-0.25, -0.2) is 0 Å². The summed E-state index contributed by atoms with van der Waals surface area (Å²) in [7, 11) is 0. The molecule has 1 amide bonds. The minimum atomic E-state index is -4.51. The summed E-state index contributed by atoms with van der Waals surface area (Å²) in [6.07, 6.45) is -1.24. The Morgan fingerprint density at radius 3 is 2.68 bits per heavy atom. The van der Waals surface area contributed by atoms with Gasteiger partial charge in [-0.2, -0.15) is 18.3 Å². The van der Waals surface area contributed by atoms with Crippen LogP contribution in [-0.2, 0) is 41.6 Å². The first-order valence-electron chi connectivity index (χ1n) is 10.7. The van der Waals surface area contributed by atoms with E-state index in [0.29, 0.717) is 43.9 Å². The molecule has 1 aromatic carbocycles. The molecule has 1 aromatic heterocycles. The molecule has 1 fully saturated rings. The van der Waals surface area contributed by atoms with E-state index in [2.05, 4.69) is 15.3 Å². The number of alkyl halides is 3. The Kier molecular flexibility index (Phi) is 6.62. The number of ether oxygens (including phenoxy) is 1. The second kappa shape index (κ2) is 9.40. The maximum Gasteiger partial charge on any atom is 0.435 e. The Balaban J connectivity index is 1.45. The van der Waals surface area contributed by atoms with Gasteiger partial charge >= 0.3 is 6.18 Å². The third-order valence-electron chi connectivity index (χ3n) is 5.79. The van der Waals surface area contributed by atoms with Crippen molar-refractivity contribution in [3.05, 3.63) is 46.8 Å². The largest absolute Gasteiger partial charge is 0.435 e. The molecule has 0 radical (unpaired) electrons. The fraction of sp³-hybridized carbons (Fsp3) is 0.545. The Morgan fingerprint density at radius 2 is 1.90 bits per heavy atom. The van der Waals surface area contributed by atoms with Crippen molar-refractivity contribution in [2.75, 3.05) is 31.6 Å². The highest BCUT2D eigenvalue weighted by atomic mass is 19.4. The maximum absolute atomic E-state index is 13.5. The van der Waals surface area contributed by atoms with Crippen LogP contribution in [0.1, 0.15) is 41.8 Å². The van der Waals surface area contributed by atoms with Gasteiger partial charge in [0, 0.05) is 36.6 Å². The van der Waals surface area contributed by atoms with Gasteiger partial charge in [0.25, 0.3) is 0 Å². The number of hydrogen-bond acceptors (Lipinski definition) is 4. The van der Waals surface area contributed by atoms with Crippen LogP contribution in [-0.4, -0.2) is 46.9 Å². The first kappa shape index (κ1) is 21.8. The fourth-order valence-electron chi connectivity index (χ4n) is 4.31. The van der Waals surface area contributed by atoms with Crippen molar-refractivity contribution in [3.8, 4) is 0 Å². The molecule has 2 heterocycles. The molecule has 0 atom stereocenters. The molecule has 2 aromatic rings. The van der Waals surface area contributed by atoms with Gasteiger partial charge in [-0.3, -0.25) is 14.4 Å². The van der Waals surface area contributed by atoms with Gasteiger partial charge in [-0.1, -0.05) is 18.6 Å². The normalized spacial score (nSPS) is 17.8. The molecule has 6 nitrogen and oxygen atoms in total. The summed E-state index contributed by atoms with van der Waals surface area (Å²) in [6.45, 7) is 3.68. The molecule has 31 heavy (non-hydrogen) atoms. The number of aromatic nitrogens is 2. The Labute approximate surface area is 179 Å². The molecular formula is C22H27F3N4O2. The quantitative estimate of drug-likeness (QED) is 0.727. The first-order valence-corrected chi connectivity index (χ1v) is 10.7. The lowest BCUT2D eigenvalue weighted by Gasteiger charge is -2.26. The number of benzene rings is 1. The Hall–Kier alpha value is -2.39. The van der Waals surface area contributed by atoms with Crippen LogP contribution < -0.4 is 5.32 Å². The number of carbonyl (C=O) groups is 1. The van der Waals surface area contributed by atoms with Gasteiger partial charge in [0.15, 0.2) is 5.69 Å². The topological polar surface area (TPSA) is 59.4 Å². The van der Waals surface area contributed by atoms with E-state index in [4.69, 9.17) is 4.74 Å². The van der Waals surface area contributed by atoms with Crippen LogP contribution in [0.2, 0.25) is 0 Å². The SMILES string of the molecule is O=C(Cn1nc(C(F)(F)F)c2c1CCCCC2)Nc1cccc(CN2CCOCC2)c1. The van der Waals surface area contributed by atoms with E-state index in [9.17, 15) is 18.0 Å². The molecule has 0 saturated carbocycles. The molecule has 0 spiro atoms. The van der Waals surface area contributed by atoms with E-state index >= 15 is 0 Å². The highest BCUT2D eigenvalue weighted by molar-refractivity contribution is 5.90. The highest BCUT2D eigenvalue weighted by Gasteiger charge is 2.39. The summed E-state index contributed by atoms with van der Waals surface area (Å²) in [6, 6.07) is 7.55. The Bertz CT molecular complexity index is 920. The van der Waals surface area contributed by atoms with Crippen LogP contribution >= 0.6 is 0 Å².